The second kappa shape index (κ2) is 15.9. The van der Waals surface area contributed by atoms with E-state index in [0.29, 0.717) is 7.92 Å². The van der Waals surface area contributed by atoms with Crippen LogP contribution in [0.5, 0.6) is 0 Å². The van der Waals surface area contributed by atoms with Gasteiger partial charge in [0.15, 0.2) is 0 Å². The molecular formula is C18H36PV. The van der Waals surface area contributed by atoms with Crippen LogP contribution in [0.15, 0.2) is 24.3 Å². The summed E-state index contributed by atoms with van der Waals surface area (Å²) < 4.78 is 0. The third kappa shape index (κ3) is 187. The average molecular weight is 334 g/mol. The Morgan fingerprint density at radius 2 is 0.800 bits per heavy atom. The number of hydrogen-bond donors (Lipinski definition) is 0. The maximum Gasteiger partial charge on any atom is 2.00 e. The molecule has 1 aliphatic rings. The molecule has 0 amide bonds. The first-order valence-corrected chi connectivity index (χ1v) is 9.40. The fourth-order valence-electron chi connectivity index (χ4n) is 0.321. The molecule has 0 saturated heterocycles. The molecule has 0 spiro atoms. The molecule has 0 aromatic heterocycles. The second-order valence-corrected chi connectivity index (χ2v) is 10.1. The predicted octanol–water partition coefficient (Wildman–Crippen LogP) is 6.41. The van der Waals surface area contributed by atoms with Gasteiger partial charge in [0, 0.05) is 6.42 Å². The summed E-state index contributed by atoms with van der Waals surface area (Å²) in [4.78, 5) is 0. The van der Waals surface area contributed by atoms with E-state index in [4.69, 9.17) is 0 Å². The van der Waals surface area contributed by atoms with Crippen molar-refractivity contribution in [1.29, 1.82) is 0 Å². The Labute approximate surface area is 143 Å². The van der Waals surface area contributed by atoms with Gasteiger partial charge in [-0.2, -0.15) is 10.8 Å². The van der Waals surface area contributed by atoms with Gasteiger partial charge in [-0.3, -0.25) is 0 Å². The Bertz CT molecular complexity index is 190. The van der Waals surface area contributed by atoms with Gasteiger partial charge in [-0.05, 0) is 20.0 Å². The first-order valence-electron chi connectivity index (χ1n) is 6.72. The van der Waals surface area contributed by atoms with Crippen molar-refractivity contribution in [3.63, 3.8) is 0 Å². The van der Waals surface area contributed by atoms with Crippen molar-refractivity contribution in [1.82, 2.24) is 0 Å². The molecule has 0 nitrogen and oxygen atoms in total. The summed E-state index contributed by atoms with van der Waals surface area (Å²) in [5, 5.41) is 0. The largest absolute Gasteiger partial charge is 2.00 e. The van der Waals surface area contributed by atoms with E-state index in [-0.39, 0.29) is 29.4 Å². The molecule has 0 atom stereocenters. The van der Waals surface area contributed by atoms with Crippen LogP contribution < -0.4 is 0 Å². The van der Waals surface area contributed by atoms with Gasteiger partial charge in [-0.1, -0.05) is 65.8 Å². The molecule has 0 aromatic rings. The molecule has 2 heteroatoms. The molecule has 1 rings (SSSR count). The Hall–Kier alpha value is 0.494. The summed E-state index contributed by atoms with van der Waals surface area (Å²) in [5.41, 5.74) is 0.500. The van der Waals surface area contributed by atoms with Crippen LogP contribution in [0.25, 0.3) is 0 Å². The van der Waals surface area contributed by atoms with Crippen LogP contribution in [-0.2, 0) is 18.6 Å². The quantitative estimate of drug-likeness (QED) is 0.355. The van der Waals surface area contributed by atoms with Crippen molar-refractivity contribution >= 4 is 7.92 Å². The Balaban J connectivity index is -0.0000000843. The normalized spacial score (nSPS) is 12.2. The molecule has 0 aromatic carbocycles. The molecule has 0 saturated carbocycles. The van der Waals surface area contributed by atoms with E-state index in [9.17, 15) is 0 Å². The van der Waals surface area contributed by atoms with Crippen molar-refractivity contribution in [3.05, 3.63) is 44.6 Å². The van der Waals surface area contributed by atoms with Crippen molar-refractivity contribution in [2.75, 3.05) is 20.0 Å². The van der Waals surface area contributed by atoms with Crippen LogP contribution in [0.1, 0.15) is 41.5 Å². The van der Waals surface area contributed by atoms with Crippen molar-refractivity contribution in [2.24, 2.45) is 10.8 Å². The van der Waals surface area contributed by atoms with Crippen LogP contribution in [0.3, 0.4) is 0 Å². The minimum atomic E-state index is 0. The maximum absolute atomic E-state index is 3.77. The maximum atomic E-state index is 3.77. The van der Waals surface area contributed by atoms with Crippen LogP contribution in [-0.4, -0.2) is 20.0 Å². The van der Waals surface area contributed by atoms with Gasteiger partial charge < -0.3 is 13.8 Å². The molecule has 0 unspecified atom stereocenters. The van der Waals surface area contributed by atoms with Crippen LogP contribution in [0.4, 0.5) is 0 Å². The van der Waals surface area contributed by atoms with Gasteiger partial charge in [-0.15, -0.1) is 7.92 Å². The smallest absolute Gasteiger partial charge is 0.338 e. The predicted molar refractivity (Wildman–Crippen MR) is 96.9 cm³/mol. The monoisotopic (exact) mass is 334 g/mol. The minimum Gasteiger partial charge on any atom is -0.338 e. The molecule has 0 bridgehead atoms. The van der Waals surface area contributed by atoms with Crippen molar-refractivity contribution in [2.45, 2.75) is 41.5 Å². The average Bonchev–Trinajstić information content (AvgIpc) is 2.48. The number of hydrogen-bond acceptors (Lipinski definition) is 0. The van der Waals surface area contributed by atoms with E-state index in [0.717, 1.165) is 0 Å². The van der Waals surface area contributed by atoms with E-state index >= 15 is 0 Å². The molecule has 1 aliphatic carbocycles. The molecule has 0 aliphatic heterocycles. The summed E-state index contributed by atoms with van der Waals surface area (Å²) in [6.45, 7) is 26.7. The summed E-state index contributed by atoms with van der Waals surface area (Å²) in [6.07, 6.45) is 10.0. The van der Waals surface area contributed by atoms with Crippen LogP contribution in [0, 0.1) is 31.1 Å². The van der Waals surface area contributed by atoms with Crippen LogP contribution in [0.2, 0.25) is 0 Å². The van der Waals surface area contributed by atoms with Gasteiger partial charge in [0.05, 0.1) is 0 Å². The second-order valence-electron chi connectivity index (χ2n) is 7.43. The third-order valence-corrected chi connectivity index (χ3v) is 0.556. The zero-order valence-electron chi connectivity index (χ0n) is 15.2. The van der Waals surface area contributed by atoms with Gasteiger partial charge in [0.25, 0.3) is 0 Å². The summed E-state index contributed by atoms with van der Waals surface area (Å²) in [6, 6.07) is 0. The van der Waals surface area contributed by atoms with E-state index < -0.39 is 0 Å². The molecule has 2 radical (unpaired) electrons. The number of allylic oxidation sites excluding steroid dienone is 4. The SMILES string of the molecule is CP(C)C.[CH2-]C(C)(C)C.[CH2-]C(C)(C)C.[CH]1C=CC=C1.[V+2]. The van der Waals surface area contributed by atoms with Gasteiger partial charge in [0.1, 0.15) is 0 Å². The third-order valence-electron chi connectivity index (χ3n) is 0.556. The molecule has 118 valence electrons. The molecule has 0 N–H and O–H groups in total. The van der Waals surface area contributed by atoms with Crippen LogP contribution >= 0.6 is 7.92 Å². The summed E-state index contributed by atoms with van der Waals surface area (Å²) in [7, 11) is 0.380. The molecule has 0 heterocycles. The fraction of sp³-hybridized carbons (Fsp3) is 0.611. The standard InChI is InChI=1S/C5H5.2C5H11.C3H9P.V/c1-2-4-5-3-1;2*1-5(2,3)4;1-4(2)3;/h1-5H;2*1H2,2-4H3;1-3H3;/q;2*-1;;+2. The Kier molecular flexibility index (Phi) is 22.7. The minimum absolute atomic E-state index is 0. The van der Waals surface area contributed by atoms with E-state index in [2.05, 4.69) is 75.4 Å². The topological polar surface area (TPSA) is 0 Å². The van der Waals surface area contributed by atoms with Crippen molar-refractivity contribution in [3.8, 4) is 0 Å². The van der Waals surface area contributed by atoms with Gasteiger partial charge in [0.2, 0.25) is 0 Å². The zero-order valence-corrected chi connectivity index (χ0v) is 17.5. The van der Waals surface area contributed by atoms with E-state index in [1.54, 1.807) is 0 Å². The first-order chi connectivity index (χ1) is 8.23. The molecule has 20 heavy (non-hydrogen) atoms. The summed E-state index contributed by atoms with van der Waals surface area (Å²) >= 11 is 0. The molecule has 0 fully saturated rings. The number of rotatable bonds is 0. The van der Waals surface area contributed by atoms with Gasteiger partial charge >= 0.3 is 18.6 Å². The van der Waals surface area contributed by atoms with Crippen molar-refractivity contribution < 1.29 is 18.6 Å². The Morgan fingerprint density at radius 3 is 0.850 bits per heavy atom. The van der Waals surface area contributed by atoms with Gasteiger partial charge in [-0.25, -0.2) is 0 Å². The fourth-order valence-corrected chi connectivity index (χ4v) is 0.321. The summed E-state index contributed by atoms with van der Waals surface area (Å²) in [5.74, 6) is 0. The van der Waals surface area contributed by atoms with E-state index in [1.165, 1.54) is 0 Å². The van der Waals surface area contributed by atoms with E-state index in [1.807, 2.05) is 30.7 Å². The first kappa shape index (κ1) is 28.6. The Morgan fingerprint density at radius 1 is 0.650 bits per heavy atom. The zero-order chi connectivity index (χ0) is 16.1. The molecular weight excluding hydrogens is 298 g/mol.